The minimum absolute atomic E-state index is 0.0576. The lowest BCUT2D eigenvalue weighted by Gasteiger charge is -2.45. The number of carbonyl (C=O) groups is 1. The van der Waals surface area contributed by atoms with E-state index < -0.39 is 5.41 Å². The first-order valence-corrected chi connectivity index (χ1v) is 7.65. The van der Waals surface area contributed by atoms with Crippen LogP contribution in [0.3, 0.4) is 0 Å². The maximum absolute atomic E-state index is 11.7. The van der Waals surface area contributed by atoms with Crippen molar-refractivity contribution in [3.8, 4) is 18.2 Å². The average Bonchev–Trinajstić information content (AvgIpc) is 2.56. The Labute approximate surface area is 136 Å². The Hall–Kier alpha value is -2.78. The van der Waals surface area contributed by atoms with E-state index in [0.29, 0.717) is 19.5 Å². The fourth-order valence-corrected chi connectivity index (χ4v) is 3.68. The highest BCUT2D eigenvalue weighted by Gasteiger charge is 2.53. The normalized spacial score (nSPS) is 25.5. The highest BCUT2D eigenvalue weighted by atomic mass is 16.2. The van der Waals surface area contributed by atoms with E-state index in [0.717, 1.165) is 12.0 Å². The quantitative estimate of drug-likeness (QED) is 0.831. The first-order chi connectivity index (χ1) is 11.0. The van der Waals surface area contributed by atoms with Gasteiger partial charge in [-0.15, -0.1) is 0 Å². The zero-order valence-electron chi connectivity index (χ0n) is 13.3. The number of rotatable bonds is 2. The molecular formula is C17H19N5O. The Kier molecular flexibility index (Phi) is 4.43. The molecule has 0 spiro atoms. The van der Waals surface area contributed by atoms with Crippen LogP contribution in [0.2, 0.25) is 0 Å². The zero-order chi connectivity index (χ0) is 17.2. The summed E-state index contributed by atoms with van der Waals surface area (Å²) in [5, 5.41) is 28.9. The lowest BCUT2D eigenvalue weighted by Crippen LogP contribution is -2.50. The van der Waals surface area contributed by atoms with Gasteiger partial charge in [-0.05, 0) is 12.0 Å². The van der Waals surface area contributed by atoms with E-state index in [-0.39, 0.29) is 29.0 Å². The van der Waals surface area contributed by atoms with Crippen LogP contribution < -0.4 is 5.73 Å². The molecule has 0 aromatic rings. The molecule has 1 aliphatic heterocycles. The Bertz CT molecular complexity index is 699. The Balaban J connectivity index is 2.68. The van der Waals surface area contributed by atoms with Crippen LogP contribution in [0.1, 0.15) is 26.7 Å². The summed E-state index contributed by atoms with van der Waals surface area (Å²) in [6, 6.07) is 6.20. The minimum Gasteiger partial charge on any atom is -0.399 e. The van der Waals surface area contributed by atoms with Crippen molar-refractivity contribution in [3.05, 3.63) is 22.9 Å². The van der Waals surface area contributed by atoms with Crippen molar-refractivity contribution in [2.75, 3.05) is 13.1 Å². The molecule has 0 saturated heterocycles. The smallest absolute Gasteiger partial charge is 0.219 e. The van der Waals surface area contributed by atoms with Gasteiger partial charge in [-0.1, -0.05) is 19.4 Å². The van der Waals surface area contributed by atoms with E-state index in [1.165, 1.54) is 6.92 Å². The molecular weight excluding hydrogens is 290 g/mol. The van der Waals surface area contributed by atoms with Gasteiger partial charge in [-0.25, -0.2) is 0 Å². The number of hydrogen-bond acceptors (Lipinski definition) is 5. The summed E-state index contributed by atoms with van der Waals surface area (Å²) in [6.07, 6.45) is 3.26. The van der Waals surface area contributed by atoms with Gasteiger partial charge in [-0.3, -0.25) is 4.79 Å². The van der Waals surface area contributed by atoms with Gasteiger partial charge in [0.15, 0.2) is 5.41 Å². The molecule has 118 valence electrons. The molecule has 23 heavy (non-hydrogen) atoms. The zero-order valence-corrected chi connectivity index (χ0v) is 13.3. The lowest BCUT2D eigenvalue weighted by molar-refractivity contribution is -0.129. The van der Waals surface area contributed by atoms with E-state index >= 15 is 0 Å². The summed E-state index contributed by atoms with van der Waals surface area (Å²) in [7, 11) is 0. The van der Waals surface area contributed by atoms with Crippen molar-refractivity contribution < 1.29 is 4.79 Å². The molecule has 0 radical (unpaired) electrons. The molecule has 1 amide bonds. The Morgan fingerprint density at radius 2 is 2.09 bits per heavy atom. The number of nitriles is 3. The van der Waals surface area contributed by atoms with Crippen molar-refractivity contribution in [2.24, 2.45) is 23.0 Å². The van der Waals surface area contributed by atoms with Gasteiger partial charge < -0.3 is 10.6 Å². The third-order valence-corrected chi connectivity index (χ3v) is 4.88. The molecule has 0 saturated carbocycles. The van der Waals surface area contributed by atoms with Crippen LogP contribution in [0.5, 0.6) is 0 Å². The second-order valence-electron chi connectivity index (χ2n) is 6.02. The molecule has 1 heterocycles. The predicted octanol–water partition coefficient (Wildman–Crippen LogP) is 1.59. The number of carbonyl (C=O) groups excluding carboxylic acids is 1. The molecule has 2 N–H and O–H groups in total. The molecule has 2 aliphatic rings. The fraction of sp³-hybridized carbons (Fsp3) is 0.529. The van der Waals surface area contributed by atoms with Gasteiger partial charge in [0.1, 0.15) is 6.07 Å². The molecule has 0 fully saturated rings. The van der Waals surface area contributed by atoms with Crippen LogP contribution in [0.15, 0.2) is 22.9 Å². The molecule has 2 atom stereocenters. The van der Waals surface area contributed by atoms with Crippen LogP contribution in [0, 0.1) is 51.2 Å². The first-order valence-electron chi connectivity index (χ1n) is 7.65. The van der Waals surface area contributed by atoms with Crippen molar-refractivity contribution in [2.45, 2.75) is 26.7 Å². The minimum atomic E-state index is -1.51. The highest BCUT2D eigenvalue weighted by molar-refractivity contribution is 5.74. The van der Waals surface area contributed by atoms with Crippen LogP contribution in [-0.4, -0.2) is 23.9 Å². The largest absolute Gasteiger partial charge is 0.399 e. The van der Waals surface area contributed by atoms with Gasteiger partial charge in [0, 0.05) is 31.8 Å². The van der Waals surface area contributed by atoms with Gasteiger partial charge >= 0.3 is 0 Å². The van der Waals surface area contributed by atoms with Crippen LogP contribution >= 0.6 is 0 Å². The molecule has 6 nitrogen and oxygen atoms in total. The highest BCUT2D eigenvalue weighted by Crippen LogP contribution is 2.50. The second-order valence-corrected chi connectivity index (χ2v) is 6.02. The van der Waals surface area contributed by atoms with Crippen molar-refractivity contribution in [1.29, 1.82) is 15.8 Å². The molecule has 0 bridgehead atoms. The molecule has 0 aromatic carbocycles. The topological polar surface area (TPSA) is 118 Å². The van der Waals surface area contributed by atoms with Gasteiger partial charge in [0.05, 0.1) is 23.4 Å². The third-order valence-electron chi connectivity index (χ3n) is 4.88. The van der Waals surface area contributed by atoms with Gasteiger partial charge in [-0.2, -0.15) is 15.8 Å². The summed E-state index contributed by atoms with van der Waals surface area (Å²) in [5.41, 5.74) is 5.66. The molecule has 1 aliphatic carbocycles. The number of nitrogens with two attached hydrogens (primary N) is 1. The molecule has 0 unspecified atom stereocenters. The first kappa shape index (κ1) is 16.6. The third kappa shape index (κ3) is 2.35. The molecule has 6 heteroatoms. The molecule has 2 rings (SSSR count). The predicted molar refractivity (Wildman–Crippen MR) is 82.7 cm³/mol. The maximum atomic E-state index is 11.7. The van der Waals surface area contributed by atoms with E-state index in [9.17, 15) is 20.6 Å². The Morgan fingerprint density at radius 1 is 1.43 bits per heavy atom. The van der Waals surface area contributed by atoms with E-state index in [4.69, 9.17) is 5.73 Å². The average molecular weight is 309 g/mol. The van der Waals surface area contributed by atoms with Crippen molar-refractivity contribution in [3.63, 3.8) is 0 Å². The summed E-state index contributed by atoms with van der Waals surface area (Å²) in [4.78, 5) is 13.4. The maximum Gasteiger partial charge on any atom is 0.219 e. The van der Waals surface area contributed by atoms with Crippen LogP contribution in [0.25, 0.3) is 0 Å². The molecule has 0 aromatic heterocycles. The summed E-state index contributed by atoms with van der Waals surface area (Å²) in [5.74, 6) is -0.599. The monoisotopic (exact) mass is 309 g/mol. The van der Waals surface area contributed by atoms with Crippen LogP contribution in [0.4, 0.5) is 0 Å². The summed E-state index contributed by atoms with van der Waals surface area (Å²) in [6.45, 7) is 4.31. The summed E-state index contributed by atoms with van der Waals surface area (Å²) >= 11 is 0. The summed E-state index contributed by atoms with van der Waals surface area (Å²) < 4.78 is 0. The van der Waals surface area contributed by atoms with Crippen molar-refractivity contribution >= 4 is 5.91 Å². The van der Waals surface area contributed by atoms with E-state index in [1.54, 1.807) is 4.90 Å². The van der Waals surface area contributed by atoms with E-state index in [2.05, 4.69) is 18.2 Å². The number of amides is 1. The van der Waals surface area contributed by atoms with Crippen LogP contribution in [-0.2, 0) is 4.79 Å². The Morgan fingerprint density at radius 3 is 2.57 bits per heavy atom. The second kappa shape index (κ2) is 6.15. The number of allylic oxidation sites excluding steroid dienone is 2. The van der Waals surface area contributed by atoms with Gasteiger partial charge in [0.2, 0.25) is 5.91 Å². The number of nitrogens with zero attached hydrogens (tertiary/aromatic N) is 4. The van der Waals surface area contributed by atoms with Gasteiger partial charge in [0.25, 0.3) is 0 Å². The SMILES string of the molecule is CCC[C@@H]1[C@@H]2CN(C(C)=O)CC=C2C(C#N)=C(N)C1(C#N)C#N. The number of fused-ring (bicyclic) bond motifs is 1. The fourth-order valence-electron chi connectivity index (χ4n) is 3.68. The lowest BCUT2D eigenvalue weighted by atomic mass is 9.59. The standard InChI is InChI=1S/C17H19N5O/c1-3-4-15-14-8-22(11(2)23)6-5-12(14)13(7-18)16(21)17(15,9-19)10-20/h5,14-15H,3-4,6,8,21H2,1-2H3/t14-,15-/m1/s1. The van der Waals surface area contributed by atoms with Crippen molar-refractivity contribution in [1.82, 2.24) is 4.90 Å². The van der Waals surface area contributed by atoms with E-state index in [1.807, 2.05) is 13.0 Å². The number of hydrogen-bond donors (Lipinski definition) is 1.